The Bertz CT molecular complexity index is 40.8. The Morgan fingerprint density at radius 1 is 1.67 bits per heavy atom. The molecule has 1 N–H and O–H groups in total. The fourth-order valence-corrected chi connectivity index (χ4v) is 2.58. The summed E-state index contributed by atoms with van der Waals surface area (Å²) < 4.78 is 0. The number of hydrogen-bond donors (Lipinski definition) is 1. The summed E-state index contributed by atoms with van der Waals surface area (Å²) in [4.78, 5) is 3.46. The van der Waals surface area contributed by atoms with Crippen molar-refractivity contribution in [2.45, 2.75) is 19.0 Å². The average molecular weight is 101 g/mol. The Hall–Kier alpha value is 0.177. The van der Waals surface area contributed by atoms with Crippen molar-refractivity contribution in [3.8, 4) is 0 Å². The van der Waals surface area contributed by atoms with Gasteiger partial charge in [0.2, 0.25) is 0 Å². The van der Waals surface area contributed by atoms with Crippen LogP contribution < -0.4 is 4.98 Å². The zero-order valence-corrected chi connectivity index (χ0v) is 5.35. The van der Waals surface area contributed by atoms with Crippen molar-refractivity contribution in [2.24, 2.45) is 0 Å². The van der Waals surface area contributed by atoms with Crippen LogP contribution >= 0.6 is 0 Å². The van der Waals surface area contributed by atoms with Crippen LogP contribution in [-0.2, 0) is 0 Å². The lowest BCUT2D eigenvalue weighted by Crippen LogP contribution is -2.21. The number of rotatable bonds is 0. The molecule has 0 radical (unpaired) electrons. The molecule has 1 saturated heterocycles. The van der Waals surface area contributed by atoms with Crippen LogP contribution in [0.25, 0.3) is 0 Å². The second-order valence-corrected chi connectivity index (χ2v) is 4.79. The van der Waals surface area contributed by atoms with Crippen LogP contribution in [0, 0.1) is 0 Å². The summed E-state index contributed by atoms with van der Waals surface area (Å²) in [5.74, 6) is 0. The van der Waals surface area contributed by atoms with E-state index in [0.717, 1.165) is 0 Å². The summed E-state index contributed by atoms with van der Waals surface area (Å²) in [5.41, 5.74) is 0. The van der Waals surface area contributed by atoms with Gasteiger partial charge in [-0.05, 0) is 19.0 Å². The van der Waals surface area contributed by atoms with Crippen molar-refractivity contribution in [1.29, 1.82) is 0 Å². The Kier molecular flexibility index (Phi) is 1.27. The average Bonchev–Trinajstić information content (AvgIpc) is 1.86. The van der Waals surface area contributed by atoms with Crippen molar-refractivity contribution in [3.05, 3.63) is 0 Å². The van der Waals surface area contributed by atoms with Crippen molar-refractivity contribution in [1.82, 2.24) is 4.98 Å². The molecule has 0 spiro atoms. The normalized spacial score (nSPS) is 34.5. The van der Waals surface area contributed by atoms with E-state index in [1.807, 2.05) is 0 Å². The molecule has 36 valence electrons. The molecule has 0 aromatic carbocycles. The van der Waals surface area contributed by atoms with Crippen LogP contribution in [0.5, 0.6) is 0 Å². The highest BCUT2D eigenvalue weighted by molar-refractivity contribution is 6.55. The lowest BCUT2D eigenvalue weighted by atomic mass is 10.5. The number of nitrogens with one attached hydrogen (secondary N) is 1. The van der Waals surface area contributed by atoms with Gasteiger partial charge in [-0.3, -0.25) is 0 Å². The zero-order chi connectivity index (χ0) is 4.41. The largest absolute Gasteiger partial charge is 0.340 e. The van der Waals surface area contributed by atoms with Gasteiger partial charge in [-0.2, -0.15) is 0 Å². The van der Waals surface area contributed by atoms with Crippen LogP contribution in [0.4, 0.5) is 0 Å². The molecule has 1 fully saturated rings. The van der Waals surface area contributed by atoms with E-state index in [2.05, 4.69) is 11.5 Å². The van der Waals surface area contributed by atoms with Gasteiger partial charge in [0.05, 0.1) is 0 Å². The summed E-state index contributed by atoms with van der Waals surface area (Å²) in [5, 5.41) is 0. The fraction of sp³-hybridized carbons (Fsp3) is 1.00. The van der Waals surface area contributed by atoms with E-state index in [-0.39, 0.29) is 8.96 Å². The van der Waals surface area contributed by atoms with Gasteiger partial charge in [-0.1, -0.05) is 6.55 Å². The smallest absolute Gasteiger partial charge is 0.105 e. The number of hydrogen-bond acceptors (Lipinski definition) is 1. The zero-order valence-electron chi connectivity index (χ0n) is 4.20. The van der Waals surface area contributed by atoms with Crippen molar-refractivity contribution >= 4 is 8.96 Å². The monoisotopic (exact) mass is 101 g/mol. The van der Waals surface area contributed by atoms with E-state index in [4.69, 9.17) is 0 Å². The second kappa shape index (κ2) is 1.75. The minimum absolute atomic E-state index is 0.299. The van der Waals surface area contributed by atoms with E-state index in [1.165, 1.54) is 19.0 Å². The molecule has 1 unspecified atom stereocenters. The maximum absolute atomic E-state index is 3.46. The molecular formula is C4H11NSi. The minimum atomic E-state index is -0.299. The fourth-order valence-electron chi connectivity index (χ4n) is 0.859. The van der Waals surface area contributed by atoms with Crippen molar-refractivity contribution in [2.75, 3.05) is 6.54 Å². The SMILES string of the molecule is C[SiH]1CCCN1. The summed E-state index contributed by atoms with van der Waals surface area (Å²) in [7, 11) is -0.299. The molecular weight excluding hydrogens is 90.1 g/mol. The quantitative estimate of drug-likeness (QED) is 0.434. The van der Waals surface area contributed by atoms with E-state index in [9.17, 15) is 0 Å². The molecule has 1 aliphatic heterocycles. The molecule has 1 nitrogen and oxygen atoms in total. The van der Waals surface area contributed by atoms with Crippen molar-refractivity contribution in [3.63, 3.8) is 0 Å². The Morgan fingerprint density at radius 3 is 2.67 bits per heavy atom. The third-order valence-corrected chi connectivity index (χ3v) is 3.57. The van der Waals surface area contributed by atoms with Crippen LogP contribution in [0.15, 0.2) is 0 Å². The van der Waals surface area contributed by atoms with E-state index >= 15 is 0 Å². The standard InChI is InChI=1S/C4H11NSi/c1-6-4-2-3-5-6/h5-6H,2-4H2,1H3. The second-order valence-electron chi connectivity index (χ2n) is 2.00. The van der Waals surface area contributed by atoms with Gasteiger partial charge >= 0.3 is 0 Å². The third kappa shape index (κ3) is 0.818. The highest BCUT2D eigenvalue weighted by atomic mass is 28.3. The third-order valence-electron chi connectivity index (χ3n) is 1.31. The molecule has 0 bridgehead atoms. The molecule has 1 aliphatic rings. The maximum atomic E-state index is 3.46. The summed E-state index contributed by atoms with van der Waals surface area (Å²) in [6.45, 7) is 3.67. The van der Waals surface area contributed by atoms with E-state index in [0.29, 0.717) is 0 Å². The van der Waals surface area contributed by atoms with Crippen LogP contribution in [0.1, 0.15) is 6.42 Å². The molecule has 1 rings (SSSR count). The molecule has 0 aliphatic carbocycles. The first-order valence-electron chi connectivity index (χ1n) is 2.63. The van der Waals surface area contributed by atoms with Crippen LogP contribution in [0.3, 0.4) is 0 Å². The molecule has 1 atom stereocenters. The van der Waals surface area contributed by atoms with Crippen molar-refractivity contribution < 1.29 is 0 Å². The molecule has 0 saturated carbocycles. The van der Waals surface area contributed by atoms with Crippen LogP contribution in [0.2, 0.25) is 12.6 Å². The molecule has 0 amide bonds. The predicted octanol–water partition coefficient (Wildman–Crippen LogP) is 0.333. The van der Waals surface area contributed by atoms with Gasteiger partial charge in [-0.15, -0.1) is 0 Å². The topological polar surface area (TPSA) is 12.0 Å². The predicted molar refractivity (Wildman–Crippen MR) is 30.4 cm³/mol. The Labute approximate surface area is 40.4 Å². The summed E-state index contributed by atoms with van der Waals surface area (Å²) in [6, 6.07) is 1.51. The van der Waals surface area contributed by atoms with Gasteiger partial charge in [-0.25, -0.2) is 0 Å². The highest BCUT2D eigenvalue weighted by Gasteiger charge is 2.07. The van der Waals surface area contributed by atoms with Gasteiger partial charge in [0.15, 0.2) is 0 Å². The van der Waals surface area contributed by atoms with Gasteiger partial charge in [0.1, 0.15) is 8.96 Å². The Balaban J connectivity index is 2.18. The lowest BCUT2D eigenvalue weighted by molar-refractivity contribution is 0.931. The van der Waals surface area contributed by atoms with Gasteiger partial charge < -0.3 is 4.98 Å². The first kappa shape index (κ1) is 4.34. The van der Waals surface area contributed by atoms with Gasteiger partial charge in [0, 0.05) is 0 Å². The van der Waals surface area contributed by atoms with E-state index in [1.54, 1.807) is 0 Å². The molecule has 0 aromatic rings. The summed E-state index contributed by atoms with van der Waals surface area (Å²) >= 11 is 0. The van der Waals surface area contributed by atoms with Gasteiger partial charge in [0.25, 0.3) is 0 Å². The molecule has 2 heteroatoms. The first-order chi connectivity index (χ1) is 2.89. The molecule has 6 heavy (non-hydrogen) atoms. The Morgan fingerprint density at radius 2 is 2.50 bits per heavy atom. The highest BCUT2D eigenvalue weighted by Crippen LogP contribution is 1.99. The molecule has 1 heterocycles. The minimum Gasteiger partial charge on any atom is -0.340 e. The van der Waals surface area contributed by atoms with Crippen LogP contribution in [-0.4, -0.2) is 15.5 Å². The molecule has 0 aromatic heterocycles. The lowest BCUT2D eigenvalue weighted by Gasteiger charge is -1.92. The first-order valence-corrected chi connectivity index (χ1v) is 5.18. The summed E-state index contributed by atoms with van der Waals surface area (Å²) in [6.07, 6.45) is 1.44. The maximum Gasteiger partial charge on any atom is 0.105 e. The van der Waals surface area contributed by atoms with E-state index < -0.39 is 0 Å².